The average molecular weight is 404 g/mol. The zero-order valence-corrected chi connectivity index (χ0v) is 18.8. The normalized spacial score (nSPS) is 12.3. The zero-order valence-electron chi connectivity index (χ0n) is 17.8. The number of nitrogen functional groups attached to an aromatic ring is 1. The lowest BCUT2D eigenvalue weighted by Crippen LogP contribution is -2.43. The Morgan fingerprint density at radius 2 is 1.59 bits per heavy atom. The van der Waals surface area contributed by atoms with Crippen LogP contribution in [0.3, 0.4) is 0 Å². The molecule has 3 aromatic rings. The first-order chi connectivity index (χ1) is 13.7. The molecule has 5 heteroatoms. The molecule has 1 heterocycles. The van der Waals surface area contributed by atoms with E-state index in [1.54, 1.807) is 6.20 Å². The number of hydrogen-bond donors (Lipinski definition) is 1. The number of rotatable bonds is 5. The molecular weight excluding hydrogens is 374 g/mol. The van der Waals surface area contributed by atoms with Crippen molar-refractivity contribution in [3.63, 3.8) is 0 Å². The highest BCUT2D eigenvalue weighted by Gasteiger charge is 2.38. The van der Waals surface area contributed by atoms with Crippen molar-refractivity contribution in [3.8, 4) is 17.0 Å². The largest absolute Gasteiger partial charge is 0.544 e. The van der Waals surface area contributed by atoms with E-state index in [9.17, 15) is 0 Å². The molecule has 0 bridgehead atoms. The molecule has 0 saturated heterocycles. The van der Waals surface area contributed by atoms with Crippen LogP contribution in [0.15, 0.2) is 60.8 Å². The lowest BCUT2D eigenvalue weighted by Gasteiger charge is -2.36. The van der Waals surface area contributed by atoms with Crippen LogP contribution < -0.4 is 10.2 Å². The summed E-state index contributed by atoms with van der Waals surface area (Å²) in [5.74, 6) is 1.31. The van der Waals surface area contributed by atoms with Crippen molar-refractivity contribution in [3.05, 3.63) is 72.1 Å². The van der Waals surface area contributed by atoms with Gasteiger partial charge in [0.15, 0.2) is 0 Å². The molecule has 2 aromatic carbocycles. The molecule has 3 rings (SSSR count). The number of aromatic nitrogens is 2. The Kier molecular flexibility index (Phi) is 5.89. The standard InChI is InChI=1S/C24H29N3OSi/c1-24(2,3)29(4,5)28-20-14-12-19(13-15-20)22-17-26-23(25)21(27-22)16-11-18-9-7-6-8-10-18/h6-17H,1-5H3,(H2,25,26). The zero-order chi connectivity index (χ0) is 21.1. The van der Waals surface area contributed by atoms with E-state index < -0.39 is 8.32 Å². The smallest absolute Gasteiger partial charge is 0.250 e. The van der Waals surface area contributed by atoms with Gasteiger partial charge in [0, 0.05) is 5.56 Å². The topological polar surface area (TPSA) is 61.0 Å². The van der Waals surface area contributed by atoms with Crippen LogP contribution in [0.2, 0.25) is 18.1 Å². The molecule has 0 atom stereocenters. The van der Waals surface area contributed by atoms with E-state index in [0.29, 0.717) is 11.5 Å². The van der Waals surface area contributed by atoms with Gasteiger partial charge in [-0.2, -0.15) is 0 Å². The molecule has 1 aromatic heterocycles. The molecule has 0 unspecified atom stereocenters. The van der Waals surface area contributed by atoms with Crippen molar-refractivity contribution in [2.24, 2.45) is 0 Å². The van der Waals surface area contributed by atoms with Gasteiger partial charge >= 0.3 is 0 Å². The molecule has 0 aliphatic rings. The van der Waals surface area contributed by atoms with E-state index in [-0.39, 0.29) is 5.04 Å². The fourth-order valence-corrected chi connectivity index (χ4v) is 3.59. The molecule has 0 saturated carbocycles. The monoisotopic (exact) mass is 403 g/mol. The SMILES string of the molecule is CC(C)(C)[Si](C)(C)Oc1ccc(-c2cnc(N)c(C=Cc3ccccc3)n2)cc1. The number of hydrogen-bond acceptors (Lipinski definition) is 4. The lowest BCUT2D eigenvalue weighted by atomic mass is 10.1. The summed E-state index contributed by atoms with van der Waals surface area (Å²) in [6, 6.07) is 18.1. The molecular formula is C24H29N3OSi. The van der Waals surface area contributed by atoms with Gasteiger partial charge in [0.25, 0.3) is 0 Å². The summed E-state index contributed by atoms with van der Waals surface area (Å²) < 4.78 is 6.36. The third-order valence-corrected chi connectivity index (χ3v) is 9.75. The fraction of sp³-hybridized carbons (Fsp3) is 0.250. The third-order valence-electron chi connectivity index (χ3n) is 5.39. The van der Waals surface area contributed by atoms with Crippen molar-refractivity contribution in [2.45, 2.75) is 38.9 Å². The van der Waals surface area contributed by atoms with Crippen molar-refractivity contribution in [2.75, 3.05) is 5.73 Å². The van der Waals surface area contributed by atoms with Gasteiger partial charge in [-0.3, -0.25) is 0 Å². The Morgan fingerprint density at radius 1 is 0.931 bits per heavy atom. The van der Waals surface area contributed by atoms with Gasteiger partial charge in [0.1, 0.15) is 17.3 Å². The maximum atomic E-state index is 6.36. The Labute approximate surface area is 174 Å². The summed E-state index contributed by atoms with van der Waals surface area (Å²) in [6.07, 6.45) is 5.59. The van der Waals surface area contributed by atoms with Gasteiger partial charge in [-0.15, -0.1) is 0 Å². The Balaban J connectivity index is 1.81. The molecule has 0 fully saturated rings. The highest BCUT2D eigenvalue weighted by atomic mass is 28.4. The second kappa shape index (κ2) is 8.21. The summed E-state index contributed by atoms with van der Waals surface area (Å²) in [6.45, 7) is 11.2. The van der Waals surface area contributed by atoms with Crippen LogP contribution in [0.25, 0.3) is 23.4 Å². The predicted molar refractivity (Wildman–Crippen MR) is 125 cm³/mol. The van der Waals surface area contributed by atoms with Gasteiger partial charge in [-0.1, -0.05) is 57.2 Å². The van der Waals surface area contributed by atoms with E-state index in [4.69, 9.17) is 15.1 Å². The summed E-state index contributed by atoms with van der Waals surface area (Å²) in [4.78, 5) is 9.02. The minimum atomic E-state index is -1.86. The van der Waals surface area contributed by atoms with E-state index in [1.165, 1.54) is 0 Å². The molecule has 0 amide bonds. The van der Waals surface area contributed by atoms with Gasteiger partial charge < -0.3 is 10.2 Å². The number of nitrogens with two attached hydrogens (primary N) is 1. The third kappa shape index (κ3) is 5.12. The van der Waals surface area contributed by atoms with Crippen LogP contribution in [0, 0.1) is 0 Å². The Hall–Kier alpha value is -2.92. The van der Waals surface area contributed by atoms with Crippen LogP contribution in [0.1, 0.15) is 32.0 Å². The summed E-state index contributed by atoms with van der Waals surface area (Å²) in [5.41, 5.74) is 9.54. The van der Waals surface area contributed by atoms with Crippen LogP contribution in [-0.2, 0) is 0 Å². The van der Waals surface area contributed by atoms with Gasteiger partial charge in [0.2, 0.25) is 8.32 Å². The molecule has 150 valence electrons. The van der Waals surface area contributed by atoms with E-state index in [0.717, 1.165) is 22.6 Å². The fourth-order valence-electron chi connectivity index (χ4n) is 2.56. The molecule has 0 radical (unpaired) electrons. The molecule has 4 nitrogen and oxygen atoms in total. The quantitative estimate of drug-likeness (QED) is 0.509. The first-order valence-electron chi connectivity index (χ1n) is 9.81. The number of benzene rings is 2. The highest BCUT2D eigenvalue weighted by molar-refractivity contribution is 6.74. The van der Waals surface area contributed by atoms with Crippen molar-refractivity contribution < 1.29 is 4.43 Å². The summed E-state index contributed by atoms with van der Waals surface area (Å²) in [7, 11) is -1.86. The molecule has 0 aliphatic heterocycles. The Morgan fingerprint density at radius 3 is 2.21 bits per heavy atom. The highest BCUT2D eigenvalue weighted by Crippen LogP contribution is 2.37. The average Bonchev–Trinajstić information content (AvgIpc) is 2.68. The maximum Gasteiger partial charge on any atom is 0.250 e. The second-order valence-electron chi connectivity index (χ2n) is 8.66. The van der Waals surface area contributed by atoms with Crippen molar-refractivity contribution in [1.82, 2.24) is 9.97 Å². The minimum Gasteiger partial charge on any atom is -0.544 e. The maximum absolute atomic E-state index is 6.36. The second-order valence-corrected chi connectivity index (χ2v) is 13.4. The molecule has 2 N–H and O–H groups in total. The lowest BCUT2D eigenvalue weighted by molar-refractivity contribution is 0.492. The van der Waals surface area contributed by atoms with Crippen LogP contribution >= 0.6 is 0 Å². The predicted octanol–water partition coefficient (Wildman–Crippen LogP) is 6.28. The first kappa shape index (κ1) is 20.8. The molecule has 29 heavy (non-hydrogen) atoms. The van der Waals surface area contributed by atoms with Gasteiger partial charge in [-0.05, 0) is 54.0 Å². The van der Waals surface area contributed by atoms with E-state index >= 15 is 0 Å². The van der Waals surface area contributed by atoms with E-state index in [1.807, 2.05) is 66.7 Å². The molecule has 0 spiro atoms. The summed E-state index contributed by atoms with van der Waals surface area (Å²) in [5, 5.41) is 0.161. The molecule has 0 aliphatic carbocycles. The van der Waals surface area contributed by atoms with Crippen molar-refractivity contribution in [1.29, 1.82) is 0 Å². The number of nitrogens with zero attached hydrogens (tertiary/aromatic N) is 2. The first-order valence-corrected chi connectivity index (χ1v) is 12.7. The van der Waals surface area contributed by atoms with Crippen LogP contribution in [-0.4, -0.2) is 18.3 Å². The minimum absolute atomic E-state index is 0.161. The Bertz CT molecular complexity index is 991. The van der Waals surface area contributed by atoms with Crippen LogP contribution in [0.4, 0.5) is 5.82 Å². The van der Waals surface area contributed by atoms with Gasteiger partial charge in [0.05, 0.1) is 11.9 Å². The van der Waals surface area contributed by atoms with Crippen LogP contribution in [0.5, 0.6) is 5.75 Å². The van der Waals surface area contributed by atoms with Crippen molar-refractivity contribution >= 4 is 26.3 Å². The van der Waals surface area contributed by atoms with Gasteiger partial charge in [-0.25, -0.2) is 9.97 Å². The van der Waals surface area contributed by atoms with E-state index in [2.05, 4.69) is 38.8 Å². The number of anilines is 1. The summed E-state index contributed by atoms with van der Waals surface area (Å²) >= 11 is 0.